The third-order valence-corrected chi connectivity index (χ3v) is 7.56. The molecular weight excluding hydrogens is 421 g/mol. The molecular formula is C23H25F3N4S. The van der Waals surface area contributed by atoms with Crippen LogP contribution in [0.3, 0.4) is 0 Å². The maximum Gasteiger partial charge on any atom is 0.416 e. The van der Waals surface area contributed by atoms with E-state index in [0.717, 1.165) is 68.1 Å². The van der Waals surface area contributed by atoms with Gasteiger partial charge in [0.1, 0.15) is 5.82 Å². The first kappa shape index (κ1) is 20.7. The molecule has 2 aromatic heterocycles. The van der Waals surface area contributed by atoms with E-state index in [-0.39, 0.29) is 5.41 Å². The first-order valence-electron chi connectivity index (χ1n) is 10.7. The van der Waals surface area contributed by atoms with E-state index in [0.29, 0.717) is 5.92 Å². The summed E-state index contributed by atoms with van der Waals surface area (Å²) < 4.78 is 40.6. The molecule has 3 heterocycles. The highest BCUT2D eigenvalue weighted by Gasteiger charge is 2.60. The number of hydrogen-bond acceptors (Lipinski definition) is 4. The van der Waals surface area contributed by atoms with Gasteiger partial charge in [0.25, 0.3) is 0 Å². The third kappa shape index (κ3) is 3.91. The normalized spacial score (nSPS) is 23.3. The summed E-state index contributed by atoms with van der Waals surface area (Å²) in [5, 5.41) is 12.8. The Morgan fingerprint density at radius 2 is 1.94 bits per heavy atom. The van der Waals surface area contributed by atoms with E-state index in [1.54, 1.807) is 23.5 Å². The van der Waals surface area contributed by atoms with Crippen molar-refractivity contribution in [2.75, 3.05) is 19.6 Å². The number of piperidine rings is 1. The minimum atomic E-state index is -4.27. The molecule has 2 atom stereocenters. The van der Waals surface area contributed by atoms with Gasteiger partial charge in [-0.25, -0.2) is 0 Å². The SMILES string of the molecule is Cn1c(CCCCN2C[C@@H]3C[C@]3(c3ccc(C(F)(F)F)cc3)C2)nnc1-c1ccsc1. The van der Waals surface area contributed by atoms with Crippen molar-refractivity contribution in [1.29, 1.82) is 0 Å². The van der Waals surface area contributed by atoms with Crippen LogP contribution in [-0.4, -0.2) is 39.3 Å². The summed E-state index contributed by atoms with van der Waals surface area (Å²) in [5.74, 6) is 2.50. The Labute approximate surface area is 183 Å². The Kier molecular flexibility index (Phi) is 5.17. The second-order valence-corrected chi connectivity index (χ2v) is 9.62. The molecule has 1 aliphatic carbocycles. The molecule has 164 valence electrons. The average Bonchev–Trinajstić information content (AvgIpc) is 3.15. The van der Waals surface area contributed by atoms with Crippen LogP contribution in [0.5, 0.6) is 0 Å². The van der Waals surface area contributed by atoms with Gasteiger partial charge >= 0.3 is 6.18 Å². The van der Waals surface area contributed by atoms with Gasteiger partial charge in [-0.1, -0.05) is 12.1 Å². The molecule has 0 bridgehead atoms. The molecule has 31 heavy (non-hydrogen) atoms. The molecule has 0 N–H and O–H groups in total. The average molecular weight is 447 g/mol. The van der Waals surface area contributed by atoms with Gasteiger partial charge in [0.2, 0.25) is 0 Å². The molecule has 0 spiro atoms. The van der Waals surface area contributed by atoms with Crippen LogP contribution in [0, 0.1) is 5.92 Å². The van der Waals surface area contributed by atoms with Crippen molar-refractivity contribution in [3.63, 3.8) is 0 Å². The minimum Gasteiger partial charge on any atom is -0.314 e. The van der Waals surface area contributed by atoms with E-state index in [2.05, 4.69) is 31.1 Å². The summed E-state index contributed by atoms with van der Waals surface area (Å²) in [6, 6.07) is 7.89. The molecule has 2 fully saturated rings. The van der Waals surface area contributed by atoms with E-state index >= 15 is 0 Å². The van der Waals surface area contributed by atoms with Crippen LogP contribution in [0.25, 0.3) is 11.4 Å². The lowest BCUT2D eigenvalue weighted by Gasteiger charge is -2.21. The molecule has 1 aliphatic heterocycles. The van der Waals surface area contributed by atoms with Crippen molar-refractivity contribution >= 4 is 11.3 Å². The van der Waals surface area contributed by atoms with Gasteiger partial charge in [-0.15, -0.1) is 10.2 Å². The molecule has 2 aliphatic rings. The van der Waals surface area contributed by atoms with Crippen LogP contribution in [0.2, 0.25) is 0 Å². The van der Waals surface area contributed by atoms with Crippen LogP contribution in [0.4, 0.5) is 13.2 Å². The zero-order valence-corrected chi connectivity index (χ0v) is 18.2. The molecule has 1 aromatic carbocycles. The number of alkyl halides is 3. The summed E-state index contributed by atoms with van der Waals surface area (Å²) in [7, 11) is 2.02. The molecule has 1 saturated heterocycles. The Balaban J connectivity index is 1.12. The van der Waals surface area contributed by atoms with Gasteiger partial charge < -0.3 is 9.47 Å². The van der Waals surface area contributed by atoms with E-state index < -0.39 is 11.7 Å². The lowest BCUT2D eigenvalue weighted by atomic mass is 9.94. The number of benzene rings is 1. The smallest absolute Gasteiger partial charge is 0.314 e. The van der Waals surface area contributed by atoms with Crippen molar-refractivity contribution in [1.82, 2.24) is 19.7 Å². The fourth-order valence-corrected chi connectivity index (χ4v) is 5.67. The van der Waals surface area contributed by atoms with Crippen LogP contribution in [0.1, 0.15) is 36.2 Å². The number of likely N-dealkylation sites (tertiary alicyclic amines) is 1. The van der Waals surface area contributed by atoms with E-state index in [1.165, 1.54) is 12.1 Å². The van der Waals surface area contributed by atoms with Crippen LogP contribution < -0.4 is 0 Å². The number of aryl methyl sites for hydroxylation is 1. The minimum absolute atomic E-state index is 0.0726. The predicted molar refractivity (Wildman–Crippen MR) is 115 cm³/mol. The molecule has 4 nitrogen and oxygen atoms in total. The molecule has 0 amide bonds. The number of fused-ring (bicyclic) bond motifs is 1. The molecule has 3 aromatic rings. The molecule has 8 heteroatoms. The first-order chi connectivity index (χ1) is 14.9. The standard InChI is InChI=1S/C23H25F3N4S/c1-29-20(27-28-21(29)16-9-11-31-14-16)4-2-3-10-30-13-19-12-22(19,15-30)17-5-7-18(8-6-17)23(24,25)26/h5-9,11,14,19H,2-4,10,12-13,15H2,1H3/t19-,22+/m0/s1. The fraction of sp³-hybridized carbons (Fsp3) is 0.478. The van der Waals surface area contributed by atoms with Crippen LogP contribution in [0.15, 0.2) is 41.1 Å². The van der Waals surface area contributed by atoms with Crippen LogP contribution in [-0.2, 0) is 25.1 Å². The highest BCUT2D eigenvalue weighted by molar-refractivity contribution is 7.08. The lowest BCUT2D eigenvalue weighted by Crippen LogP contribution is -2.27. The van der Waals surface area contributed by atoms with Gasteiger partial charge in [0, 0.05) is 42.9 Å². The quantitative estimate of drug-likeness (QED) is 0.470. The maximum absolute atomic E-state index is 12.8. The van der Waals surface area contributed by atoms with E-state index in [4.69, 9.17) is 0 Å². The van der Waals surface area contributed by atoms with Crippen molar-refractivity contribution in [3.05, 3.63) is 58.0 Å². The van der Waals surface area contributed by atoms with Gasteiger partial charge in [0.15, 0.2) is 5.82 Å². The fourth-order valence-electron chi connectivity index (χ4n) is 5.04. The monoisotopic (exact) mass is 446 g/mol. The Morgan fingerprint density at radius 1 is 1.13 bits per heavy atom. The number of hydrogen-bond donors (Lipinski definition) is 0. The summed E-state index contributed by atoms with van der Waals surface area (Å²) in [4.78, 5) is 2.47. The maximum atomic E-state index is 12.8. The largest absolute Gasteiger partial charge is 0.416 e. The highest BCUT2D eigenvalue weighted by Crippen LogP contribution is 2.59. The van der Waals surface area contributed by atoms with Gasteiger partial charge in [-0.3, -0.25) is 0 Å². The Bertz CT molecular complexity index is 1040. The summed E-state index contributed by atoms with van der Waals surface area (Å²) in [6.45, 7) is 3.02. The Morgan fingerprint density at radius 3 is 2.65 bits per heavy atom. The molecule has 1 saturated carbocycles. The van der Waals surface area contributed by atoms with Crippen molar-refractivity contribution in [2.24, 2.45) is 13.0 Å². The van der Waals surface area contributed by atoms with Crippen LogP contribution >= 0.6 is 11.3 Å². The Hall–Kier alpha value is -2.19. The number of thiophene rings is 1. The summed E-state index contributed by atoms with van der Waals surface area (Å²) in [6.07, 6.45) is -0.150. The summed E-state index contributed by atoms with van der Waals surface area (Å²) >= 11 is 1.65. The van der Waals surface area contributed by atoms with Gasteiger partial charge in [0.05, 0.1) is 5.56 Å². The van der Waals surface area contributed by atoms with E-state index in [1.807, 2.05) is 12.4 Å². The number of nitrogens with zero attached hydrogens (tertiary/aromatic N) is 4. The predicted octanol–water partition coefficient (Wildman–Crippen LogP) is 5.16. The highest BCUT2D eigenvalue weighted by atomic mass is 32.1. The summed E-state index contributed by atoms with van der Waals surface area (Å²) in [5.41, 5.74) is 1.68. The molecule has 5 rings (SSSR count). The van der Waals surface area contributed by atoms with Gasteiger partial charge in [-0.2, -0.15) is 24.5 Å². The number of unbranched alkanes of at least 4 members (excludes halogenated alkanes) is 1. The lowest BCUT2D eigenvalue weighted by molar-refractivity contribution is -0.137. The topological polar surface area (TPSA) is 34.0 Å². The molecule has 0 radical (unpaired) electrons. The van der Waals surface area contributed by atoms with Crippen molar-refractivity contribution in [3.8, 4) is 11.4 Å². The first-order valence-corrected chi connectivity index (χ1v) is 11.6. The van der Waals surface area contributed by atoms with Gasteiger partial charge in [-0.05, 0) is 60.9 Å². The van der Waals surface area contributed by atoms with E-state index in [9.17, 15) is 13.2 Å². The third-order valence-electron chi connectivity index (χ3n) is 6.87. The second kappa shape index (κ2) is 7.74. The van der Waals surface area contributed by atoms with Crippen molar-refractivity contribution in [2.45, 2.75) is 37.3 Å². The number of halogens is 3. The van der Waals surface area contributed by atoms with Crippen molar-refractivity contribution < 1.29 is 13.2 Å². The number of rotatable bonds is 7. The number of aromatic nitrogens is 3. The zero-order chi connectivity index (χ0) is 21.6. The zero-order valence-electron chi connectivity index (χ0n) is 17.4. The second-order valence-electron chi connectivity index (χ2n) is 8.84. The molecule has 0 unspecified atom stereocenters.